The SMILES string of the molecule is C1CCC1.P.[IH2+].[PH4+].[V].[V]. The first-order chi connectivity index (χ1) is 2.00. The van der Waals surface area contributed by atoms with Crippen molar-refractivity contribution in [2.24, 2.45) is 0 Å². The molecule has 0 nitrogen and oxygen atoms in total. The summed E-state index contributed by atoms with van der Waals surface area (Å²) < 4.78 is 0. The van der Waals surface area contributed by atoms with Crippen LogP contribution in [0.3, 0.4) is 0 Å². The van der Waals surface area contributed by atoms with Gasteiger partial charge in [0, 0.05) is 37.1 Å². The van der Waals surface area contributed by atoms with Crippen LogP contribution in [0.15, 0.2) is 0 Å². The van der Waals surface area contributed by atoms with Gasteiger partial charge in [0.2, 0.25) is 24.0 Å². The van der Waals surface area contributed by atoms with Gasteiger partial charge in [0.1, 0.15) is 0 Å². The third kappa shape index (κ3) is 18.1. The van der Waals surface area contributed by atoms with Gasteiger partial charge in [0.05, 0.1) is 0 Å². The standard InChI is InChI=1S/C4H8.H2I.2H3P.2V/c1-2-4-3-1;;;;;/h1-4H2;1H2;2*1H3;;/q;+1;;;;/p+1. The van der Waals surface area contributed by atoms with Crippen molar-refractivity contribution >= 4 is 19.8 Å². The fourth-order valence-corrected chi connectivity index (χ4v) is 0.250. The Morgan fingerprint density at radius 3 is 0.778 bits per heavy atom. The zero-order chi connectivity index (χ0) is 2.83. The number of rotatable bonds is 0. The zero-order valence-corrected chi connectivity index (χ0v) is 14.6. The predicted molar refractivity (Wildman–Crippen MR) is 44.9 cm³/mol. The molecule has 1 fully saturated rings. The molecule has 1 aliphatic carbocycles. The summed E-state index contributed by atoms with van der Waals surface area (Å²) in [7, 11) is 0. The average Bonchev–Trinajstić information content (AvgIpc) is 0.722. The Labute approximate surface area is 105 Å². The Bertz CT molecular complexity index is 24.5. The Kier molecular flexibility index (Phi) is 74.3. The molecule has 2 unspecified atom stereocenters. The molecule has 5 heteroatoms. The van der Waals surface area contributed by atoms with Gasteiger partial charge in [0.25, 0.3) is 0 Å². The molecule has 0 aromatic rings. The van der Waals surface area contributed by atoms with Crippen LogP contribution in [0.25, 0.3) is 0 Å². The van der Waals surface area contributed by atoms with E-state index < -0.39 is 0 Å². The molecule has 1 rings (SSSR count). The number of hydrogen-bond acceptors (Lipinski definition) is 0. The van der Waals surface area contributed by atoms with E-state index in [4.69, 9.17) is 0 Å². The molecule has 0 saturated heterocycles. The smallest absolute Gasteiger partial charge is 0.153 e. The summed E-state index contributed by atoms with van der Waals surface area (Å²) in [6.07, 6.45) is 6.00. The van der Waals surface area contributed by atoms with Crippen LogP contribution in [0.2, 0.25) is 0 Å². The molecule has 0 heterocycles. The van der Waals surface area contributed by atoms with Gasteiger partial charge < -0.3 is 0 Å². The summed E-state index contributed by atoms with van der Waals surface area (Å²) >= 11 is 0. The molecular formula is C4H17IP2V2+2. The van der Waals surface area contributed by atoms with Crippen LogP contribution in [0.4, 0.5) is 0 Å². The molecule has 9 heavy (non-hydrogen) atoms. The van der Waals surface area contributed by atoms with Gasteiger partial charge in [-0.3, -0.25) is 0 Å². The van der Waals surface area contributed by atoms with Crippen molar-refractivity contribution in [2.75, 3.05) is 0 Å². The maximum atomic E-state index is 1.50. The van der Waals surface area contributed by atoms with Crippen LogP contribution in [0.5, 0.6) is 0 Å². The average molecular weight is 356 g/mol. The Morgan fingerprint density at radius 2 is 0.778 bits per heavy atom. The maximum Gasteiger partial charge on any atom is 0.235 e. The van der Waals surface area contributed by atoms with E-state index in [2.05, 4.69) is 0 Å². The van der Waals surface area contributed by atoms with Crippen LogP contribution < -0.4 is 24.0 Å². The van der Waals surface area contributed by atoms with E-state index in [0.717, 1.165) is 0 Å². The van der Waals surface area contributed by atoms with Crippen molar-refractivity contribution < 1.29 is 61.1 Å². The monoisotopic (exact) mass is 356 g/mol. The number of halogens is 1. The topological polar surface area (TPSA) is 0 Å². The van der Waals surface area contributed by atoms with E-state index in [0.29, 0.717) is 0 Å². The van der Waals surface area contributed by atoms with E-state index in [1.54, 1.807) is 0 Å². The fraction of sp³-hybridized carbons (Fsp3) is 1.00. The van der Waals surface area contributed by atoms with E-state index in [9.17, 15) is 0 Å². The van der Waals surface area contributed by atoms with E-state index in [-0.39, 0.29) is 80.9 Å². The van der Waals surface area contributed by atoms with Crippen LogP contribution in [0.1, 0.15) is 25.7 Å². The second-order valence-electron chi connectivity index (χ2n) is 1.41. The van der Waals surface area contributed by atoms with Gasteiger partial charge in [-0.2, -0.15) is 9.90 Å². The third-order valence-electron chi connectivity index (χ3n) is 1.000. The first kappa shape index (κ1) is 29.8. The van der Waals surface area contributed by atoms with Gasteiger partial charge in [-0.1, -0.05) is 25.7 Å². The molecule has 0 aromatic heterocycles. The van der Waals surface area contributed by atoms with Crippen LogP contribution >= 0.6 is 19.8 Å². The summed E-state index contributed by atoms with van der Waals surface area (Å²) in [5.41, 5.74) is 0. The first-order valence-electron chi connectivity index (χ1n) is 2.00. The van der Waals surface area contributed by atoms with Gasteiger partial charge >= 0.3 is 0 Å². The molecule has 0 amide bonds. The summed E-state index contributed by atoms with van der Waals surface area (Å²) in [5, 5.41) is 0. The second kappa shape index (κ2) is 22.4. The summed E-state index contributed by atoms with van der Waals surface area (Å²) in [6, 6.07) is 0. The molecule has 1 aliphatic rings. The summed E-state index contributed by atoms with van der Waals surface area (Å²) in [4.78, 5) is 0. The maximum absolute atomic E-state index is 1.50. The van der Waals surface area contributed by atoms with Gasteiger partial charge in [-0.15, -0.1) is 0 Å². The summed E-state index contributed by atoms with van der Waals surface area (Å²) in [5.74, 6) is 0. The molecule has 0 aliphatic heterocycles. The Morgan fingerprint density at radius 1 is 0.667 bits per heavy atom. The minimum atomic E-state index is 0. The minimum Gasteiger partial charge on any atom is -0.153 e. The molecule has 58 valence electrons. The van der Waals surface area contributed by atoms with E-state index in [1.165, 1.54) is 25.7 Å². The van der Waals surface area contributed by atoms with Crippen molar-refractivity contribution in [2.45, 2.75) is 25.7 Å². The van der Waals surface area contributed by atoms with Gasteiger partial charge in [-0.05, 0) is 9.90 Å². The normalized spacial score (nSPS) is 10.7. The zero-order valence-electron chi connectivity index (χ0n) is 5.88. The van der Waals surface area contributed by atoms with Crippen molar-refractivity contribution in [3.8, 4) is 0 Å². The molecule has 0 spiro atoms. The van der Waals surface area contributed by atoms with Crippen LogP contribution in [0, 0.1) is 0 Å². The largest absolute Gasteiger partial charge is 0.235 e. The van der Waals surface area contributed by atoms with E-state index in [1.807, 2.05) is 0 Å². The van der Waals surface area contributed by atoms with Gasteiger partial charge in [-0.25, -0.2) is 0 Å². The van der Waals surface area contributed by atoms with E-state index >= 15 is 0 Å². The molecule has 0 bridgehead atoms. The first-order valence-corrected chi connectivity index (χ1v) is 2.00. The molecular weight excluding hydrogens is 339 g/mol. The van der Waals surface area contributed by atoms with Crippen molar-refractivity contribution in [1.82, 2.24) is 0 Å². The molecule has 0 N–H and O–H groups in total. The van der Waals surface area contributed by atoms with Crippen LogP contribution in [-0.4, -0.2) is 0 Å². The Balaban J connectivity index is -0.0000000107. The third-order valence-corrected chi connectivity index (χ3v) is 1.000. The molecule has 1 saturated carbocycles. The predicted octanol–water partition coefficient (Wildman–Crippen LogP) is -2.13. The number of hydrogen-bond donors (Lipinski definition) is 0. The second-order valence-corrected chi connectivity index (χ2v) is 1.41. The van der Waals surface area contributed by atoms with Crippen LogP contribution in [-0.2, 0) is 37.1 Å². The van der Waals surface area contributed by atoms with Gasteiger partial charge in [0.15, 0.2) is 0 Å². The molecule has 0 aromatic carbocycles. The molecule has 2 atom stereocenters. The fourth-order valence-electron chi connectivity index (χ4n) is 0.250. The minimum absolute atomic E-state index is 0. The molecule has 2 radical (unpaired) electrons. The quantitative estimate of drug-likeness (QED) is 0.344. The van der Waals surface area contributed by atoms with Crippen molar-refractivity contribution in [3.05, 3.63) is 0 Å². The Hall–Kier alpha value is 2.76. The summed E-state index contributed by atoms with van der Waals surface area (Å²) in [6.45, 7) is 0. The van der Waals surface area contributed by atoms with Crippen molar-refractivity contribution in [3.63, 3.8) is 0 Å². The van der Waals surface area contributed by atoms with Crippen molar-refractivity contribution in [1.29, 1.82) is 0 Å².